The van der Waals surface area contributed by atoms with Crippen molar-refractivity contribution in [3.05, 3.63) is 106 Å². The number of aromatic carboxylic acids is 1. The van der Waals surface area contributed by atoms with E-state index in [0.717, 1.165) is 41.1 Å². The maximum absolute atomic E-state index is 14.4. The number of nitrogens with zero attached hydrogens (tertiary/aromatic N) is 4. The summed E-state index contributed by atoms with van der Waals surface area (Å²) in [5.74, 6) is 0.0743. The molecule has 232 valence electrons. The van der Waals surface area contributed by atoms with Crippen molar-refractivity contribution in [3.8, 4) is 29.0 Å². The Labute approximate surface area is 263 Å². The number of pyridine rings is 1. The van der Waals surface area contributed by atoms with Gasteiger partial charge in [-0.25, -0.2) is 19.2 Å². The van der Waals surface area contributed by atoms with Crippen LogP contribution in [-0.4, -0.2) is 38.9 Å². The van der Waals surface area contributed by atoms with Crippen LogP contribution in [-0.2, 0) is 19.6 Å². The Morgan fingerprint density at radius 1 is 1.15 bits per heavy atom. The van der Waals surface area contributed by atoms with Gasteiger partial charge >= 0.3 is 5.97 Å². The minimum Gasteiger partial charge on any atom is -0.492 e. The number of imidazole rings is 1. The predicted octanol–water partition coefficient (Wildman–Crippen LogP) is 7.22. The molecule has 1 atom stereocenters. The lowest BCUT2D eigenvalue weighted by Gasteiger charge is -2.21. The molecule has 7 rings (SSSR count). The van der Waals surface area contributed by atoms with E-state index >= 15 is 0 Å². The molecule has 1 fully saturated rings. The van der Waals surface area contributed by atoms with Gasteiger partial charge in [0.05, 0.1) is 47.2 Å². The maximum atomic E-state index is 14.4. The highest BCUT2D eigenvalue weighted by atomic mass is 19.1. The number of halogens is 2. The van der Waals surface area contributed by atoms with Crippen molar-refractivity contribution >= 4 is 17.0 Å². The molecule has 1 N–H and O–H groups in total. The van der Waals surface area contributed by atoms with Gasteiger partial charge in [-0.05, 0) is 60.9 Å². The lowest BCUT2D eigenvalue weighted by molar-refractivity contribution is 0.0697. The molecule has 0 radical (unpaired) electrons. The van der Waals surface area contributed by atoms with E-state index in [9.17, 15) is 18.7 Å². The lowest BCUT2D eigenvalue weighted by Crippen LogP contribution is -2.18. The van der Waals surface area contributed by atoms with Crippen LogP contribution in [0.5, 0.6) is 11.6 Å². The average molecular weight is 621 g/mol. The molecule has 1 saturated carbocycles. The van der Waals surface area contributed by atoms with Crippen LogP contribution in [0.2, 0.25) is 0 Å². The standard InChI is InChI=1S/C36H30F2N4O4/c1-21(34-41-30-10-7-23(35(43)44)16-31(30)42(34)20-36(19-37)12-13-36)25-8-9-27(33-26(25)11-14-45-33)29-3-2-4-32(40-29)46-18-24-6-5-22(17-39)15-28(24)38/h2-10,15-16,21H,11-14,18-20H2,1H3,(H,43,44). The Morgan fingerprint density at radius 2 is 2.00 bits per heavy atom. The van der Waals surface area contributed by atoms with Crippen molar-refractivity contribution in [3.63, 3.8) is 0 Å². The van der Waals surface area contributed by atoms with Crippen LogP contribution in [0, 0.1) is 22.6 Å². The summed E-state index contributed by atoms with van der Waals surface area (Å²) in [4.78, 5) is 21.4. The summed E-state index contributed by atoms with van der Waals surface area (Å²) in [7, 11) is 0. The summed E-state index contributed by atoms with van der Waals surface area (Å²) >= 11 is 0. The number of ether oxygens (including phenoxy) is 2. The number of hydrogen-bond acceptors (Lipinski definition) is 6. The lowest BCUT2D eigenvalue weighted by atomic mass is 9.91. The SMILES string of the molecule is CC(c1ccc(-c2cccc(OCc3ccc(C#N)cc3F)n2)c2c1CCO2)c1nc2ccc(C(=O)O)cc2n1CC1(CF)CC1. The molecular formula is C36H30F2N4O4. The minimum absolute atomic E-state index is 0.0439. The molecule has 46 heavy (non-hydrogen) atoms. The molecule has 5 aromatic rings. The van der Waals surface area contributed by atoms with Gasteiger partial charge in [-0.15, -0.1) is 0 Å². The van der Waals surface area contributed by atoms with E-state index in [-0.39, 0.29) is 23.7 Å². The van der Waals surface area contributed by atoms with E-state index in [4.69, 9.17) is 19.7 Å². The number of fused-ring (bicyclic) bond motifs is 2. The number of benzene rings is 3. The van der Waals surface area contributed by atoms with E-state index in [1.807, 2.05) is 34.9 Å². The molecular weight excluding hydrogens is 590 g/mol. The van der Waals surface area contributed by atoms with Gasteiger partial charge < -0.3 is 19.1 Å². The Bertz CT molecular complexity index is 2050. The third-order valence-electron chi connectivity index (χ3n) is 9.07. The first-order valence-electron chi connectivity index (χ1n) is 15.2. The number of carboxylic acids is 1. The van der Waals surface area contributed by atoms with E-state index in [0.29, 0.717) is 47.7 Å². The number of aromatic nitrogens is 3. The second-order valence-electron chi connectivity index (χ2n) is 12.1. The Balaban J connectivity index is 1.21. The molecule has 2 aromatic heterocycles. The monoisotopic (exact) mass is 620 g/mol. The Kier molecular flexibility index (Phi) is 7.40. The maximum Gasteiger partial charge on any atom is 0.335 e. The molecule has 1 unspecified atom stereocenters. The number of alkyl halides is 1. The molecule has 2 aliphatic rings. The molecule has 1 aliphatic heterocycles. The van der Waals surface area contributed by atoms with Gasteiger partial charge in [0.2, 0.25) is 5.88 Å². The summed E-state index contributed by atoms with van der Waals surface area (Å²) in [6.45, 7) is 2.52. The van der Waals surface area contributed by atoms with Crippen LogP contribution < -0.4 is 9.47 Å². The zero-order chi connectivity index (χ0) is 32.0. The third-order valence-corrected chi connectivity index (χ3v) is 9.07. The highest BCUT2D eigenvalue weighted by Crippen LogP contribution is 2.49. The van der Waals surface area contributed by atoms with Gasteiger partial charge in [-0.1, -0.05) is 25.1 Å². The molecule has 10 heteroatoms. The second kappa shape index (κ2) is 11.6. The molecule has 3 heterocycles. The molecule has 1 aliphatic carbocycles. The average Bonchev–Trinajstić information content (AvgIpc) is 3.51. The number of carbonyl (C=O) groups is 1. The fraction of sp³-hybridized carbons (Fsp3) is 0.278. The van der Waals surface area contributed by atoms with Gasteiger partial charge in [0.15, 0.2) is 0 Å². The number of hydrogen-bond donors (Lipinski definition) is 1. The molecule has 0 spiro atoms. The van der Waals surface area contributed by atoms with Gasteiger partial charge in [0.25, 0.3) is 0 Å². The quantitative estimate of drug-likeness (QED) is 0.176. The van der Waals surface area contributed by atoms with E-state index in [2.05, 4.69) is 11.9 Å². The highest BCUT2D eigenvalue weighted by Gasteiger charge is 2.44. The van der Waals surface area contributed by atoms with Gasteiger partial charge in [0, 0.05) is 47.1 Å². The van der Waals surface area contributed by atoms with Crippen LogP contribution in [0.25, 0.3) is 22.3 Å². The zero-order valence-electron chi connectivity index (χ0n) is 25.1. The summed E-state index contributed by atoms with van der Waals surface area (Å²) in [6.07, 6.45) is 2.26. The summed E-state index contributed by atoms with van der Waals surface area (Å²) < 4.78 is 42.5. The van der Waals surface area contributed by atoms with Crippen molar-refractivity contribution in [1.29, 1.82) is 5.26 Å². The molecule has 0 amide bonds. The Hall–Kier alpha value is -5.30. The van der Waals surface area contributed by atoms with Crippen LogP contribution >= 0.6 is 0 Å². The van der Waals surface area contributed by atoms with Crippen molar-refractivity contribution in [2.24, 2.45) is 5.41 Å². The van der Waals surface area contributed by atoms with E-state index in [1.54, 1.807) is 30.3 Å². The molecule has 0 bridgehead atoms. The van der Waals surface area contributed by atoms with Crippen molar-refractivity contribution in [2.75, 3.05) is 13.3 Å². The van der Waals surface area contributed by atoms with Gasteiger partial charge in [-0.2, -0.15) is 5.26 Å². The fourth-order valence-corrected chi connectivity index (χ4v) is 6.22. The van der Waals surface area contributed by atoms with E-state index < -0.39 is 23.9 Å². The fourth-order valence-electron chi connectivity index (χ4n) is 6.22. The molecule has 8 nitrogen and oxygen atoms in total. The highest BCUT2D eigenvalue weighted by molar-refractivity contribution is 5.92. The zero-order valence-corrected chi connectivity index (χ0v) is 25.1. The van der Waals surface area contributed by atoms with Crippen molar-refractivity contribution < 1.29 is 28.2 Å². The topological polar surface area (TPSA) is 110 Å². The minimum atomic E-state index is -1.02. The van der Waals surface area contributed by atoms with Crippen molar-refractivity contribution in [2.45, 2.75) is 45.3 Å². The van der Waals surface area contributed by atoms with Gasteiger partial charge in [0.1, 0.15) is 24.0 Å². The second-order valence-corrected chi connectivity index (χ2v) is 12.1. The molecule has 3 aromatic carbocycles. The summed E-state index contributed by atoms with van der Waals surface area (Å²) in [5.41, 5.74) is 5.14. The first kappa shape index (κ1) is 29.4. The van der Waals surface area contributed by atoms with Crippen LogP contribution in [0.4, 0.5) is 8.78 Å². The van der Waals surface area contributed by atoms with Crippen LogP contribution in [0.15, 0.2) is 66.7 Å². The normalized spacial score (nSPS) is 15.2. The smallest absolute Gasteiger partial charge is 0.335 e. The first-order valence-corrected chi connectivity index (χ1v) is 15.2. The molecule has 0 saturated heterocycles. The third kappa shape index (κ3) is 5.32. The number of rotatable bonds is 10. The van der Waals surface area contributed by atoms with Crippen LogP contribution in [0.3, 0.4) is 0 Å². The first-order chi connectivity index (χ1) is 22.3. The van der Waals surface area contributed by atoms with Crippen molar-refractivity contribution in [1.82, 2.24) is 14.5 Å². The number of carboxylic acid groups (broad SMARTS) is 1. The summed E-state index contributed by atoms with van der Waals surface area (Å²) in [5, 5.41) is 18.6. The predicted molar refractivity (Wildman–Crippen MR) is 166 cm³/mol. The largest absolute Gasteiger partial charge is 0.492 e. The Morgan fingerprint density at radius 3 is 2.74 bits per heavy atom. The number of nitriles is 1. The van der Waals surface area contributed by atoms with Crippen LogP contribution in [0.1, 0.15) is 64.1 Å². The summed E-state index contributed by atoms with van der Waals surface area (Å²) in [6, 6.07) is 20.4. The van der Waals surface area contributed by atoms with E-state index in [1.165, 1.54) is 12.1 Å². The van der Waals surface area contributed by atoms with Gasteiger partial charge in [-0.3, -0.25) is 4.39 Å².